The van der Waals surface area contributed by atoms with Crippen molar-refractivity contribution in [1.29, 1.82) is 0 Å². The van der Waals surface area contributed by atoms with Crippen LogP contribution >= 0.6 is 11.6 Å². The van der Waals surface area contributed by atoms with Crippen molar-refractivity contribution in [2.45, 2.75) is 6.54 Å². The Kier molecular flexibility index (Phi) is 6.04. The van der Waals surface area contributed by atoms with Crippen LogP contribution in [0, 0.1) is 10.1 Å². The van der Waals surface area contributed by atoms with Crippen molar-refractivity contribution in [3.05, 3.63) is 110 Å². The fraction of sp³-hybridized carbons (Fsp3) is 0.0909. The molecular weight excluding hydrogens is 392 g/mol. The van der Waals surface area contributed by atoms with Crippen LogP contribution < -0.4 is 0 Å². The molecule has 3 rings (SSSR count). The van der Waals surface area contributed by atoms with Gasteiger partial charge < -0.3 is 4.90 Å². The molecule has 6 nitrogen and oxygen atoms in total. The predicted molar refractivity (Wildman–Crippen MR) is 110 cm³/mol. The Morgan fingerprint density at radius 3 is 2.24 bits per heavy atom. The number of hydrogen-bond acceptors (Lipinski definition) is 4. The molecule has 0 aliphatic heterocycles. The predicted octanol–water partition coefficient (Wildman–Crippen LogP) is 4.75. The summed E-state index contributed by atoms with van der Waals surface area (Å²) in [6.45, 7) is 0.0627. The van der Waals surface area contributed by atoms with Gasteiger partial charge >= 0.3 is 0 Å². The summed E-state index contributed by atoms with van der Waals surface area (Å²) in [7, 11) is 1.56. The number of benzene rings is 3. The molecule has 1 amide bonds. The molecule has 0 heterocycles. The summed E-state index contributed by atoms with van der Waals surface area (Å²) in [6.07, 6.45) is 0. The van der Waals surface area contributed by atoms with E-state index in [2.05, 4.69) is 0 Å². The molecule has 0 atom stereocenters. The number of non-ortho nitro benzene ring substituents is 1. The Labute approximate surface area is 172 Å². The Hall–Kier alpha value is -3.51. The van der Waals surface area contributed by atoms with Gasteiger partial charge in [-0.15, -0.1) is 0 Å². The monoisotopic (exact) mass is 408 g/mol. The number of carbonyl (C=O) groups is 2. The first-order valence-electron chi connectivity index (χ1n) is 8.75. The van der Waals surface area contributed by atoms with Gasteiger partial charge in [0.25, 0.3) is 11.6 Å². The first-order valence-corrected chi connectivity index (χ1v) is 9.13. The fourth-order valence-electron chi connectivity index (χ4n) is 2.94. The molecular formula is C22H17ClN2O4. The first kappa shape index (κ1) is 20.2. The van der Waals surface area contributed by atoms with Crippen LogP contribution in [0.1, 0.15) is 31.8 Å². The van der Waals surface area contributed by atoms with E-state index in [-0.39, 0.29) is 29.5 Å². The lowest BCUT2D eigenvalue weighted by Gasteiger charge is -2.19. The molecule has 0 fully saturated rings. The van der Waals surface area contributed by atoms with Crippen molar-refractivity contribution in [2.75, 3.05) is 7.05 Å². The summed E-state index contributed by atoms with van der Waals surface area (Å²) in [6, 6.07) is 19.4. The molecule has 0 radical (unpaired) electrons. The highest BCUT2D eigenvalue weighted by Crippen LogP contribution is 2.24. The minimum Gasteiger partial charge on any atom is -0.337 e. The molecule has 29 heavy (non-hydrogen) atoms. The van der Waals surface area contributed by atoms with Crippen molar-refractivity contribution < 1.29 is 14.5 Å². The van der Waals surface area contributed by atoms with Crippen molar-refractivity contribution in [3.63, 3.8) is 0 Å². The third-order valence-electron chi connectivity index (χ3n) is 4.43. The molecule has 0 aliphatic carbocycles. The van der Waals surface area contributed by atoms with Crippen LogP contribution in [0.5, 0.6) is 0 Å². The zero-order valence-corrected chi connectivity index (χ0v) is 16.3. The lowest BCUT2D eigenvalue weighted by atomic mass is 9.97. The minimum absolute atomic E-state index is 0.0627. The van der Waals surface area contributed by atoms with E-state index in [1.807, 2.05) is 6.07 Å². The molecule has 0 spiro atoms. The van der Waals surface area contributed by atoms with Gasteiger partial charge in [-0.3, -0.25) is 19.7 Å². The van der Waals surface area contributed by atoms with Crippen molar-refractivity contribution in [2.24, 2.45) is 0 Å². The van der Waals surface area contributed by atoms with E-state index in [9.17, 15) is 19.7 Å². The second kappa shape index (κ2) is 8.67. The number of nitro benzene ring substituents is 1. The topological polar surface area (TPSA) is 80.5 Å². The molecule has 3 aromatic carbocycles. The van der Waals surface area contributed by atoms with Gasteiger partial charge in [0.2, 0.25) is 0 Å². The number of nitrogens with zero attached hydrogens (tertiary/aromatic N) is 2. The summed E-state index contributed by atoms with van der Waals surface area (Å²) >= 11 is 6.14. The second-order valence-electron chi connectivity index (χ2n) is 6.43. The van der Waals surface area contributed by atoms with E-state index in [1.165, 1.54) is 23.1 Å². The number of nitro groups is 1. The van der Waals surface area contributed by atoms with Crippen molar-refractivity contribution in [1.82, 2.24) is 4.90 Å². The smallest absolute Gasteiger partial charge is 0.269 e. The van der Waals surface area contributed by atoms with E-state index < -0.39 is 4.92 Å². The van der Waals surface area contributed by atoms with E-state index >= 15 is 0 Å². The molecule has 0 unspecified atom stereocenters. The lowest BCUT2D eigenvalue weighted by molar-refractivity contribution is -0.384. The Morgan fingerprint density at radius 1 is 0.966 bits per heavy atom. The normalized spacial score (nSPS) is 10.4. The Balaban J connectivity index is 1.89. The quantitative estimate of drug-likeness (QED) is 0.335. The molecule has 0 bridgehead atoms. The molecule has 0 saturated carbocycles. The first-order chi connectivity index (χ1) is 13.9. The van der Waals surface area contributed by atoms with Crippen LogP contribution in [-0.4, -0.2) is 28.6 Å². The standard InChI is InChI=1S/C22H17ClN2O4/c1-24(14-16-13-17(25(28)29)11-12-20(16)23)22(27)19-10-6-5-9-18(19)21(26)15-7-3-2-4-8-15/h2-13H,14H2,1H3. The van der Waals surface area contributed by atoms with Crippen molar-refractivity contribution >= 4 is 29.0 Å². The van der Waals surface area contributed by atoms with Gasteiger partial charge in [0.05, 0.1) is 10.5 Å². The number of halogens is 1. The maximum atomic E-state index is 13.0. The highest BCUT2D eigenvalue weighted by molar-refractivity contribution is 6.31. The third-order valence-corrected chi connectivity index (χ3v) is 4.80. The van der Waals surface area contributed by atoms with Crippen LogP contribution in [0.4, 0.5) is 5.69 Å². The molecule has 0 N–H and O–H groups in total. The average molecular weight is 409 g/mol. The minimum atomic E-state index is -0.518. The van der Waals surface area contributed by atoms with Crippen molar-refractivity contribution in [3.8, 4) is 0 Å². The molecule has 3 aromatic rings. The summed E-state index contributed by atoms with van der Waals surface area (Å²) in [5, 5.41) is 11.3. The largest absolute Gasteiger partial charge is 0.337 e. The van der Waals surface area contributed by atoms with Crippen LogP contribution in [0.25, 0.3) is 0 Å². The second-order valence-corrected chi connectivity index (χ2v) is 6.84. The summed E-state index contributed by atoms with van der Waals surface area (Å²) in [5.41, 5.74) is 1.37. The third kappa shape index (κ3) is 4.50. The highest BCUT2D eigenvalue weighted by atomic mass is 35.5. The SMILES string of the molecule is CN(Cc1cc([N+](=O)[O-])ccc1Cl)C(=O)c1ccccc1C(=O)c1ccccc1. The zero-order chi connectivity index (χ0) is 21.0. The summed E-state index contributed by atoms with van der Waals surface area (Å²) in [5.74, 6) is -0.635. The van der Waals surface area contributed by atoms with Crippen LogP contribution in [-0.2, 0) is 6.54 Å². The highest BCUT2D eigenvalue weighted by Gasteiger charge is 2.21. The van der Waals surface area contributed by atoms with Gasteiger partial charge in [-0.1, -0.05) is 60.1 Å². The summed E-state index contributed by atoms with van der Waals surface area (Å²) in [4.78, 5) is 37.8. The number of carbonyl (C=O) groups excluding carboxylic acids is 2. The number of rotatable bonds is 6. The zero-order valence-electron chi connectivity index (χ0n) is 15.5. The number of ketones is 1. The maximum Gasteiger partial charge on any atom is 0.269 e. The van der Waals surface area contributed by atoms with Crippen LogP contribution in [0.2, 0.25) is 5.02 Å². The fourth-order valence-corrected chi connectivity index (χ4v) is 3.12. The van der Waals surface area contributed by atoms with Gasteiger partial charge in [-0.2, -0.15) is 0 Å². The molecule has 0 saturated heterocycles. The molecule has 146 valence electrons. The molecule has 0 aliphatic rings. The van der Waals surface area contributed by atoms with Gasteiger partial charge in [-0.25, -0.2) is 0 Å². The van der Waals surface area contributed by atoms with Crippen LogP contribution in [0.3, 0.4) is 0 Å². The molecule has 0 aromatic heterocycles. The van der Waals surface area contributed by atoms with Gasteiger partial charge in [0.15, 0.2) is 5.78 Å². The van der Waals surface area contributed by atoms with Gasteiger partial charge in [0, 0.05) is 41.9 Å². The van der Waals surface area contributed by atoms with E-state index in [0.717, 1.165) is 0 Å². The lowest BCUT2D eigenvalue weighted by Crippen LogP contribution is -2.28. The van der Waals surface area contributed by atoms with E-state index in [1.54, 1.807) is 55.6 Å². The number of hydrogen-bond donors (Lipinski definition) is 0. The number of amides is 1. The van der Waals surface area contributed by atoms with E-state index in [0.29, 0.717) is 21.7 Å². The Morgan fingerprint density at radius 2 is 1.59 bits per heavy atom. The van der Waals surface area contributed by atoms with Gasteiger partial charge in [-0.05, 0) is 17.7 Å². The maximum absolute atomic E-state index is 13.0. The van der Waals surface area contributed by atoms with E-state index in [4.69, 9.17) is 11.6 Å². The van der Waals surface area contributed by atoms with Crippen LogP contribution in [0.15, 0.2) is 72.8 Å². The van der Waals surface area contributed by atoms with Gasteiger partial charge in [0.1, 0.15) is 0 Å². The summed E-state index contributed by atoms with van der Waals surface area (Å²) < 4.78 is 0. The Bertz CT molecular complexity index is 1080. The average Bonchev–Trinajstić information content (AvgIpc) is 2.74. The molecule has 7 heteroatoms.